The fraction of sp³-hybridized carbons (Fsp3) is 0.286. The van der Waals surface area contributed by atoms with Gasteiger partial charge in [-0.25, -0.2) is 0 Å². The summed E-state index contributed by atoms with van der Waals surface area (Å²) in [6, 6.07) is 6.30. The molecular formula is C14H14ClNO4. The molecule has 0 radical (unpaired) electrons. The molecule has 0 bridgehead atoms. The van der Waals surface area contributed by atoms with Crippen LogP contribution in [0.4, 0.5) is 5.69 Å². The summed E-state index contributed by atoms with van der Waals surface area (Å²) in [6.45, 7) is 1.06. The summed E-state index contributed by atoms with van der Waals surface area (Å²) in [7, 11) is 0. The minimum Gasteiger partial charge on any atom is -0.343 e. The number of nitro groups is 1. The number of allylic oxidation sites excluding steroid dienone is 2. The zero-order valence-corrected chi connectivity index (χ0v) is 11.5. The standard InChI is InChI=1S/C14H14ClNO4/c15-11-14(19-9-10-20-14)8-2-1-3-12-4-6-13(7-5-12)16(17)18/h1-8H,9-11H2/b3-1-,8-2+. The van der Waals surface area contributed by atoms with E-state index in [1.807, 2.05) is 6.08 Å². The molecule has 1 aliphatic rings. The third-order valence-corrected chi connectivity index (χ3v) is 3.19. The summed E-state index contributed by atoms with van der Waals surface area (Å²) in [4.78, 5) is 10.1. The molecule has 0 N–H and O–H groups in total. The summed E-state index contributed by atoms with van der Waals surface area (Å²) in [5.41, 5.74) is 0.944. The van der Waals surface area contributed by atoms with E-state index in [1.165, 1.54) is 12.1 Å². The van der Waals surface area contributed by atoms with Crippen LogP contribution in [-0.4, -0.2) is 29.8 Å². The van der Waals surface area contributed by atoms with Gasteiger partial charge in [0.25, 0.3) is 5.69 Å². The maximum Gasteiger partial charge on any atom is 0.269 e. The number of halogens is 1. The molecular weight excluding hydrogens is 282 g/mol. The van der Waals surface area contributed by atoms with Crippen molar-refractivity contribution in [1.29, 1.82) is 0 Å². The number of hydrogen-bond acceptors (Lipinski definition) is 4. The molecule has 6 heteroatoms. The van der Waals surface area contributed by atoms with Crippen molar-refractivity contribution in [3.63, 3.8) is 0 Å². The van der Waals surface area contributed by atoms with Crippen molar-refractivity contribution in [3.8, 4) is 0 Å². The van der Waals surface area contributed by atoms with Gasteiger partial charge >= 0.3 is 0 Å². The molecule has 1 aromatic carbocycles. The molecule has 20 heavy (non-hydrogen) atoms. The van der Waals surface area contributed by atoms with E-state index < -0.39 is 10.7 Å². The van der Waals surface area contributed by atoms with Gasteiger partial charge in [-0.3, -0.25) is 10.1 Å². The monoisotopic (exact) mass is 295 g/mol. The van der Waals surface area contributed by atoms with Crippen molar-refractivity contribution < 1.29 is 14.4 Å². The lowest BCUT2D eigenvalue weighted by Gasteiger charge is -2.19. The van der Waals surface area contributed by atoms with Crippen LogP contribution < -0.4 is 0 Å². The first-order chi connectivity index (χ1) is 9.65. The van der Waals surface area contributed by atoms with E-state index in [-0.39, 0.29) is 11.6 Å². The highest BCUT2D eigenvalue weighted by Gasteiger charge is 2.32. The van der Waals surface area contributed by atoms with Crippen molar-refractivity contribution in [2.24, 2.45) is 0 Å². The Morgan fingerprint density at radius 2 is 1.90 bits per heavy atom. The maximum atomic E-state index is 10.5. The highest BCUT2D eigenvalue weighted by Crippen LogP contribution is 2.22. The molecule has 1 saturated heterocycles. The molecule has 0 amide bonds. The highest BCUT2D eigenvalue weighted by atomic mass is 35.5. The van der Waals surface area contributed by atoms with E-state index >= 15 is 0 Å². The fourth-order valence-electron chi connectivity index (χ4n) is 1.76. The van der Waals surface area contributed by atoms with Gasteiger partial charge in [0.2, 0.25) is 5.79 Å². The Morgan fingerprint density at radius 3 is 2.45 bits per heavy atom. The van der Waals surface area contributed by atoms with Crippen LogP contribution in [0.2, 0.25) is 0 Å². The quantitative estimate of drug-likeness (QED) is 0.362. The summed E-state index contributed by atoms with van der Waals surface area (Å²) < 4.78 is 10.9. The van der Waals surface area contributed by atoms with Crippen LogP contribution in [0.1, 0.15) is 5.56 Å². The Labute approximate surface area is 121 Å². The van der Waals surface area contributed by atoms with Crippen LogP contribution >= 0.6 is 11.6 Å². The Bertz CT molecular complexity index is 518. The molecule has 106 valence electrons. The third-order valence-electron chi connectivity index (χ3n) is 2.82. The van der Waals surface area contributed by atoms with E-state index in [1.54, 1.807) is 30.4 Å². The average Bonchev–Trinajstić information content (AvgIpc) is 2.93. The molecule has 0 unspecified atom stereocenters. The largest absolute Gasteiger partial charge is 0.343 e. The van der Waals surface area contributed by atoms with Crippen LogP contribution in [0.3, 0.4) is 0 Å². The fourth-order valence-corrected chi connectivity index (χ4v) is 2.01. The Hall–Kier alpha value is -1.69. The van der Waals surface area contributed by atoms with Gasteiger partial charge in [-0.2, -0.15) is 0 Å². The van der Waals surface area contributed by atoms with Crippen LogP contribution in [0.5, 0.6) is 0 Å². The molecule has 1 aromatic rings. The molecule has 0 atom stereocenters. The SMILES string of the molecule is O=[N+]([O-])c1ccc(/C=C\C=C\C2(CCl)OCCO2)cc1. The van der Waals surface area contributed by atoms with Gasteiger partial charge in [0.1, 0.15) is 0 Å². The topological polar surface area (TPSA) is 61.6 Å². The molecule has 0 saturated carbocycles. The zero-order chi connectivity index (χ0) is 14.4. The van der Waals surface area contributed by atoms with Crippen molar-refractivity contribution in [2.75, 3.05) is 19.1 Å². The van der Waals surface area contributed by atoms with Gasteiger partial charge in [0.05, 0.1) is 24.0 Å². The first-order valence-electron chi connectivity index (χ1n) is 6.09. The maximum absolute atomic E-state index is 10.5. The predicted octanol–water partition coefficient (Wildman–Crippen LogP) is 3.15. The lowest BCUT2D eigenvalue weighted by atomic mass is 10.2. The van der Waals surface area contributed by atoms with Gasteiger partial charge in [-0.1, -0.05) is 18.2 Å². The molecule has 1 fully saturated rings. The first-order valence-corrected chi connectivity index (χ1v) is 6.63. The van der Waals surface area contributed by atoms with Crippen molar-refractivity contribution in [1.82, 2.24) is 0 Å². The van der Waals surface area contributed by atoms with E-state index in [9.17, 15) is 10.1 Å². The molecule has 5 nitrogen and oxygen atoms in total. The van der Waals surface area contributed by atoms with E-state index in [2.05, 4.69) is 0 Å². The second kappa shape index (κ2) is 6.65. The second-order valence-corrected chi connectivity index (χ2v) is 4.48. The van der Waals surface area contributed by atoms with E-state index in [0.29, 0.717) is 13.2 Å². The average molecular weight is 296 g/mol. The molecule has 0 spiro atoms. The minimum atomic E-state index is -0.832. The first kappa shape index (κ1) is 14.7. The lowest BCUT2D eigenvalue weighted by Crippen LogP contribution is -2.29. The summed E-state index contributed by atoms with van der Waals surface area (Å²) >= 11 is 5.82. The number of alkyl halides is 1. The van der Waals surface area contributed by atoms with Gasteiger partial charge in [-0.05, 0) is 23.8 Å². The molecule has 1 heterocycles. The van der Waals surface area contributed by atoms with E-state index in [4.69, 9.17) is 21.1 Å². The van der Waals surface area contributed by atoms with Crippen molar-refractivity contribution >= 4 is 23.4 Å². The normalized spacial score (nSPS) is 18.1. The van der Waals surface area contributed by atoms with Gasteiger partial charge in [-0.15, -0.1) is 11.6 Å². The summed E-state index contributed by atoms with van der Waals surface area (Å²) in [5, 5.41) is 10.5. The summed E-state index contributed by atoms with van der Waals surface area (Å²) in [6.07, 6.45) is 7.18. The van der Waals surface area contributed by atoms with Gasteiger partial charge in [0.15, 0.2) is 0 Å². The number of benzene rings is 1. The van der Waals surface area contributed by atoms with Gasteiger partial charge < -0.3 is 9.47 Å². The van der Waals surface area contributed by atoms with Gasteiger partial charge in [0, 0.05) is 12.1 Å². The molecule has 0 aliphatic carbocycles. The minimum absolute atomic E-state index is 0.0755. The second-order valence-electron chi connectivity index (χ2n) is 4.21. The number of nitrogens with zero attached hydrogens (tertiary/aromatic N) is 1. The zero-order valence-electron chi connectivity index (χ0n) is 10.7. The highest BCUT2D eigenvalue weighted by molar-refractivity contribution is 6.18. The van der Waals surface area contributed by atoms with Crippen LogP contribution in [0.15, 0.2) is 42.5 Å². The summed E-state index contributed by atoms with van der Waals surface area (Å²) in [5.74, 6) is -0.601. The molecule has 2 rings (SSSR count). The van der Waals surface area contributed by atoms with Crippen LogP contribution in [0.25, 0.3) is 6.08 Å². The van der Waals surface area contributed by atoms with E-state index in [0.717, 1.165) is 5.56 Å². The van der Waals surface area contributed by atoms with Crippen LogP contribution in [0, 0.1) is 10.1 Å². The predicted molar refractivity (Wildman–Crippen MR) is 76.6 cm³/mol. The van der Waals surface area contributed by atoms with Crippen molar-refractivity contribution in [2.45, 2.75) is 5.79 Å². The lowest BCUT2D eigenvalue weighted by molar-refractivity contribution is -0.384. The number of non-ortho nitro benzene ring substituents is 1. The number of rotatable bonds is 5. The van der Waals surface area contributed by atoms with Crippen LogP contribution in [-0.2, 0) is 9.47 Å². The number of ether oxygens (including phenoxy) is 2. The Balaban J connectivity index is 1.97. The third kappa shape index (κ3) is 3.66. The molecule has 1 aliphatic heterocycles. The van der Waals surface area contributed by atoms with Crippen molar-refractivity contribution in [3.05, 3.63) is 58.2 Å². The smallest absolute Gasteiger partial charge is 0.269 e. The Kier molecular flexibility index (Phi) is 4.89. The number of hydrogen-bond donors (Lipinski definition) is 0. The molecule has 0 aromatic heterocycles. The Morgan fingerprint density at radius 1 is 1.25 bits per heavy atom. The number of nitro benzene ring substituents is 1.